The molecule has 8 heteroatoms. The number of hydrogen-bond donors (Lipinski definition) is 1. The summed E-state index contributed by atoms with van der Waals surface area (Å²) in [5.41, 5.74) is 1.26. The Morgan fingerprint density at radius 1 is 1.23 bits per heavy atom. The Kier molecular flexibility index (Phi) is 5.01. The van der Waals surface area contributed by atoms with Crippen LogP contribution in [0, 0.1) is 5.92 Å². The highest BCUT2D eigenvalue weighted by atomic mass is 16.5. The van der Waals surface area contributed by atoms with E-state index in [4.69, 9.17) is 4.74 Å². The van der Waals surface area contributed by atoms with Gasteiger partial charge in [0.1, 0.15) is 5.75 Å². The van der Waals surface area contributed by atoms with Crippen molar-refractivity contribution in [2.45, 2.75) is 6.42 Å². The lowest BCUT2D eigenvalue weighted by atomic mass is 10.1. The largest absolute Gasteiger partial charge is 0.497 e. The first-order chi connectivity index (χ1) is 12.5. The fourth-order valence-corrected chi connectivity index (χ4v) is 2.76. The predicted molar refractivity (Wildman–Crippen MR) is 98.4 cm³/mol. The van der Waals surface area contributed by atoms with Gasteiger partial charge in [-0.25, -0.2) is 9.97 Å². The molecular weight excluding hydrogens is 334 g/mol. The average Bonchev–Trinajstić information content (AvgIpc) is 3.04. The van der Waals surface area contributed by atoms with Crippen LogP contribution in [0.25, 0.3) is 0 Å². The Balaban J connectivity index is 1.64. The highest BCUT2D eigenvalue weighted by molar-refractivity contribution is 6.03. The van der Waals surface area contributed by atoms with Gasteiger partial charge in [-0.1, -0.05) is 0 Å². The number of benzene rings is 1. The van der Waals surface area contributed by atoms with Gasteiger partial charge in [0.25, 0.3) is 0 Å². The van der Waals surface area contributed by atoms with Gasteiger partial charge in [0.2, 0.25) is 17.8 Å². The third-order valence-electron chi connectivity index (χ3n) is 4.19. The fourth-order valence-electron chi connectivity index (χ4n) is 2.76. The van der Waals surface area contributed by atoms with Gasteiger partial charge >= 0.3 is 0 Å². The first-order valence-electron chi connectivity index (χ1n) is 8.22. The summed E-state index contributed by atoms with van der Waals surface area (Å²) >= 11 is 0. The Bertz CT molecular complexity index is 789. The number of carbonyl (C=O) groups is 2. The zero-order valence-electron chi connectivity index (χ0n) is 15.0. The maximum Gasteiger partial charge on any atom is 0.229 e. The molecule has 1 aromatic heterocycles. The second-order valence-electron chi connectivity index (χ2n) is 6.26. The van der Waals surface area contributed by atoms with Crippen molar-refractivity contribution < 1.29 is 14.3 Å². The molecule has 1 aliphatic rings. The van der Waals surface area contributed by atoms with E-state index >= 15 is 0 Å². The number of nitrogens with one attached hydrogen (secondary N) is 1. The molecule has 0 bridgehead atoms. The van der Waals surface area contributed by atoms with E-state index in [9.17, 15) is 9.59 Å². The lowest BCUT2D eigenvalue weighted by Gasteiger charge is -2.17. The van der Waals surface area contributed by atoms with Crippen LogP contribution in [0.4, 0.5) is 17.3 Å². The van der Waals surface area contributed by atoms with Crippen molar-refractivity contribution in [3.05, 3.63) is 36.7 Å². The van der Waals surface area contributed by atoms with Crippen LogP contribution in [-0.2, 0) is 9.59 Å². The highest BCUT2D eigenvalue weighted by Gasteiger charge is 2.35. The molecule has 26 heavy (non-hydrogen) atoms. The lowest BCUT2D eigenvalue weighted by molar-refractivity contribution is -0.122. The van der Waals surface area contributed by atoms with E-state index in [2.05, 4.69) is 15.3 Å². The Labute approximate surface area is 151 Å². The lowest BCUT2D eigenvalue weighted by Crippen LogP contribution is -2.28. The number of carbonyl (C=O) groups excluding carboxylic acids is 2. The summed E-state index contributed by atoms with van der Waals surface area (Å²) in [6.45, 7) is 0.341. The van der Waals surface area contributed by atoms with E-state index in [0.29, 0.717) is 18.2 Å². The van der Waals surface area contributed by atoms with Crippen LogP contribution < -0.4 is 19.9 Å². The second kappa shape index (κ2) is 7.38. The highest BCUT2D eigenvalue weighted by Crippen LogP contribution is 2.27. The van der Waals surface area contributed by atoms with Crippen molar-refractivity contribution in [2.75, 3.05) is 42.9 Å². The van der Waals surface area contributed by atoms with E-state index in [1.54, 1.807) is 41.4 Å². The minimum atomic E-state index is -0.418. The summed E-state index contributed by atoms with van der Waals surface area (Å²) in [4.78, 5) is 36.5. The molecule has 0 spiro atoms. The maximum absolute atomic E-state index is 12.5. The molecule has 1 saturated heterocycles. The molecular formula is C18H21N5O3. The molecule has 0 saturated carbocycles. The number of amides is 2. The van der Waals surface area contributed by atoms with E-state index in [-0.39, 0.29) is 18.2 Å². The maximum atomic E-state index is 12.5. The van der Waals surface area contributed by atoms with Crippen molar-refractivity contribution in [2.24, 2.45) is 5.92 Å². The van der Waals surface area contributed by atoms with Crippen molar-refractivity contribution in [1.29, 1.82) is 0 Å². The molecule has 2 heterocycles. The number of rotatable bonds is 5. The number of anilines is 3. The van der Waals surface area contributed by atoms with Gasteiger partial charge in [-0.05, 0) is 24.3 Å². The Morgan fingerprint density at radius 2 is 1.88 bits per heavy atom. The molecule has 1 aromatic carbocycles. The molecule has 2 aromatic rings. The topological polar surface area (TPSA) is 87.7 Å². The van der Waals surface area contributed by atoms with Crippen LogP contribution in [-0.4, -0.2) is 49.5 Å². The van der Waals surface area contributed by atoms with E-state index in [1.165, 1.54) is 0 Å². The molecule has 1 atom stereocenters. The summed E-state index contributed by atoms with van der Waals surface area (Å²) in [6, 6.07) is 7.20. The van der Waals surface area contributed by atoms with Gasteiger partial charge in [-0.15, -0.1) is 0 Å². The van der Waals surface area contributed by atoms with Crippen LogP contribution in [0.3, 0.4) is 0 Å². The van der Waals surface area contributed by atoms with Gasteiger partial charge in [0.05, 0.1) is 31.1 Å². The zero-order chi connectivity index (χ0) is 18.7. The number of aromatic nitrogens is 2. The Morgan fingerprint density at radius 3 is 2.46 bits per heavy atom. The summed E-state index contributed by atoms with van der Waals surface area (Å²) in [5.74, 6) is 0.573. The van der Waals surface area contributed by atoms with Crippen molar-refractivity contribution in [3.63, 3.8) is 0 Å². The van der Waals surface area contributed by atoms with Gasteiger partial charge in [-0.3, -0.25) is 9.59 Å². The molecule has 2 amide bonds. The molecule has 1 aliphatic heterocycles. The number of hydrogen-bond acceptors (Lipinski definition) is 6. The SMILES string of the molecule is COc1ccc(N2CC(C(=O)Nc3cnc(N(C)C)nc3)CC2=O)cc1. The first kappa shape index (κ1) is 17.7. The van der Waals surface area contributed by atoms with Crippen molar-refractivity contribution in [3.8, 4) is 5.75 Å². The number of ether oxygens (including phenoxy) is 1. The molecule has 3 rings (SSSR count). The minimum absolute atomic E-state index is 0.0745. The Hall–Kier alpha value is -3.16. The third kappa shape index (κ3) is 3.74. The third-order valence-corrected chi connectivity index (χ3v) is 4.19. The summed E-state index contributed by atoms with van der Waals surface area (Å²) in [5, 5.41) is 2.78. The molecule has 1 unspecified atom stereocenters. The predicted octanol–water partition coefficient (Wildman–Crippen LogP) is 1.54. The van der Waals surface area contributed by atoms with Gasteiger partial charge < -0.3 is 19.9 Å². The van der Waals surface area contributed by atoms with Crippen molar-refractivity contribution >= 4 is 29.1 Å². The normalized spacial score (nSPS) is 16.5. The number of methoxy groups -OCH3 is 1. The van der Waals surface area contributed by atoms with Gasteiger partial charge in [-0.2, -0.15) is 0 Å². The van der Waals surface area contributed by atoms with Crippen LogP contribution >= 0.6 is 0 Å². The van der Waals surface area contributed by atoms with E-state index < -0.39 is 5.92 Å². The standard InChI is InChI=1S/C18H21N5O3/c1-22(2)18-19-9-13(10-20-18)21-17(25)12-8-16(24)23(11-12)14-4-6-15(26-3)7-5-14/h4-7,9-10,12H,8,11H2,1-3H3,(H,21,25). The van der Waals surface area contributed by atoms with Crippen molar-refractivity contribution in [1.82, 2.24) is 9.97 Å². The van der Waals surface area contributed by atoms with Crippen LogP contribution in [0.15, 0.2) is 36.7 Å². The molecule has 8 nitrogen and oxygen atoms in total. The van der Waals surface area contributed by atoms with Gasteiger partial charge in [0.15, 0.2) is 0 Å². The first-order valence-corrected chi connectivity index (χ1v) is 8.22. The number of nitrogens with zero attached hydrogens (tertiary/aromatic N) is 4. The van der Waals surface area contributed by atoms with E-state index in [1.807, 2.05) is 26.2 Å². The fraction of sp³-hybridized carbons (Fsp3) is 0.333. The van der Waals surface area contributed by atoms with Crippen LogP contribution in [0.2, 0.25) is 0 Å². The summed E-state index contributed by atoms with van der Waals surface area (Å²) in [6.07, 6.45) is 3.28. The smallest absolute Gasteiger partial charge is 0.229 e. The summed E-state index contributed by atoms with van der Waals surface area (Å²) in [7, 11) is 5.27. The van der Waals surface area contributed by atoms with Crippen LogP contribution in [0.1, 0.15) is 6.42 Å². The zero-order valence-corrected chi connectivity index (χ0v) is 15.0. The van der Waals surface area contributed by atoms with E-state index in [0.717, 1.165) is 11.4 Å². The molecule has 1 N–H and O–H groups in total. The quantitative estimate of drug-likeness (QED) is 0.875. The molecule has 136 valence electrons. The molecule has 0 radical (unpaired) electrons. The monoisotopic (exact) mass is 355 g/mol. The minimum Gasteiger partial charge on any atom is -0.497 e. The molecule has 1 fully saturated rings. The summed E-state index contributed by atoms with van der Waals surface area (Å²) < 4.78 is 5.13. The van der Waals surface area contributed by atoms with Gasteiger partial charge in [0, 0.05) is 32.7 Å². The molecule has 0 aliphatic carbocycles. The average molecular weight is 355 g/mol. The van der Waals surface area contributed by atoms with Crippen LogP contribution in [0.5, 0.6) is 5.75 Å². The second-order valence-corrected chi connectivity index (χ2v) is 6.26.